The third kappa shape index (κ3) is 1.71. The Morgan fingerprint density at radius 3 is 2.86 bits per heavy atom. The number of hydrogen-bond donors (Lipinski definition) is 4. The first-order chi connectivity index (χ1) is 10.1. The molecule has 21 heavy (non-hydrogen) atoms. The van der Waals surface area contributed by atoms with Crippen LogP contribution in [-0.4, -0.2) is 67.6 Å². The summed E-state index contributed by atoms with van der Waals surface area (Å²) in [6.45, 7) is 0.788. The first-order valence-corrected chi connectivity index (χ1v) is 9.56. The summed E-state index contributed by atoms with van der Waals surface area (Å²) in [5, 5.41) is 19.7. The minimum atomic E-state index is -0.532. The van der Waals surface area contributed by atoms with E-state index in [0.717, 1.165) is 24.5 Å². The van der Waals surface area contributed by atoms with Crippen LogP contribution in [0.1, 0.15) is 12.8 Å². The second-order valence-electron chi connectivity index (χ2n) is 5.79. The molecule has 3 unspecified atom stereocenters. The van der Waals surface area contributed by atoms with Crippen LogP contribution in [0, 0.1) is 0 Å². The second kappa shape index (κ2) is 4.81. The van der Waals surface area contributed by atoms with Crippen LogP contribution in [0.3, 0.4) is 0 Å². The molecule has 0 aliphatic carbocycles. The van der Waals surface area contributed by atoms with E-state index in [0.29, 0.717) is 5.11 Å². The Hall–Kier alpha value is -0.380. The second-order valence-corrected chi connectivity index (χ2v) is 9.22. The van der Waals surface area contributed by atoms with E-state index < -0.39 is 5.66 Å². The van der Waals surface area contributed by atoms with Crippen LogP contribution >= 0.6 is 35.7 Å². The van der Waals surface area contributed by atoms with Gasteiger partial charge in [0.15, 0.2) is 10.8 Å². The third-order valence-corrected chi connectivity index (χ3v) is 8.82. The predicted octanol–water partition coefficient (Wildman–Crippen LogP) is -0.115. The molecule has 0 bridgehead atoms. The molecule has 4 fully saturated rings. The van der Waals surface area contributed by atoms with Gasteiger partial charge in [0.25, 0.3) is 0 Å². The Labute approximate surface area is 137 Å². The molecule has 116 valence electrons. The Kier molecular flexibility index (Phi) is 3.26. The summed E-state index contributed by atoms with van der Waals surface area (Å²) in [4.78, 5) is 14.2. The van der Waals surface area contributed by atoms with Gasteiger partial charge in [-0.25, -0.2) is 4.79 Å². The van der Waals surface area contributed by atoms with Crippen LogP contribution in [0.4, 0.5) is 4.79 Å². The van der Waals surface area contributed by atoms with Crippen molar-refractivity contribution >= 4 is 46.9 Å². The van der Waals surface area contributed by atoms with E-state index in [9.17, 15) is 9.90 Å². The summed E-state index contributed by atoms with van der Waals surface area (Å²) < 4.78 is -0.0886. The van der Waals surface area contributed by atoms with Gasteiger partial charge in [0, 0.05) is 6.54 Å². The number of nitrogens with zero attached hydrogens (tertiary/aromatic N) is 1. The fraction of sp³-hybridized carbons (Fsp3) is 0.833. The van der Waals surface area contributed by atoms with Gasteiger partial charge in [-0.15, -0.1) is 23.5 Å². The molecule has 0 aromatic carbocycles. The molecule has 4 aliphatic rings. The minimum Gasteiger partial charge on any atom is -0.394 e. The molecular weight excluding hydrogens is 328 g/mol. The van der Waals surface area contributed by atoms with Crippen LogP contribution in [0.15, 0.2) is 0 Å². The Balaban J connectivity index is 1.83. The molecule has 0 radical (unpaired) electrons. The fourth-order valence-corrected chi connectivity index (χ4v) is 8.12. The molecule has 9 heteroatoms. The highest BCUT2D eigenvalue weighted by molar-refractivity contribution is 8.19. The Bertz CT molecular complexity index is 499. The van der Waals surface area contributed by atoms with Crippen molar-refractivity contribution in [3.05, 3.63) is 0 Å². The SMILES string of the molecule is O=C1NC2C(CO)NC(=S)N3CCC4(SCCCS4)C23N1. The molecule has 0 saturated carbocycles. The highest BCUT2D eigenvalue weighted by Crippen LogP contribution is 2.59. The number of carbonyl (C=O) groups is 1. The molecule has 4 heterocycles. The van der Waals surface area contributed by atoms with Gasteiger partial charge in [-0.05, 0) is 36.6 Å². The normalized spacial score (nSPS) is 40.3. The summed E-state index contributed by atoms with van der Waals surface area (Å²) in [5.41, 5.74) is -0.532. The topological polar surface area (TPSA) is 76.6 Å². The summed E-state index contributed by atoms with van der Waals surface area (Å²) in [6.07, 6.45) is 2.19. The zero-order valence-electron chi connectivity index (χ0n) is 11.4. The maximum atomic E-state index is 12.1. The van der Waals surface area contributed by atoms with Gasteiger partial charge in [-0.3, -0.25) is 0 Å². The zero-order valence-corrected chi connectivity index (χ0v) is 13.9. The lowest BCUT2D eigenvalue weighted by Gasteiger charge is -2.55. The van der Waals surface area contributed by atoms with Crippen molar-refractivity contribution in [3.63, 3.8) is 0 Å². The Morgan fingerprint density at radius 1 is 1.38 bits per heavy atom. The van der Waals surface area contributed by atoms with E-state index in [1.54, 1.807) is 0 Å². The van der Waals surface area contributed by atoms with E-state index in [-0.39, 0.29) is 28.8 Å². The predicted molar refractivity (Wildman–Crippen MR) is 88.4 cm³/mol. The molecule has 2 spiro atoms. The maximum absolute atomic E-state index is 12.1. The minimum absolute atomic E-state index is 0.0478. The standard InChI is InChI=1S/C12H18N4O2S3/c17-6-7-8-12(15-9(18)14-8)11(20-4-1-5-21-11)2-3-16(12)10(19)13-7/h7-8,17H,1-6H2,(H,13,19)(H2,14,15,18). The van der Waals surface area contributed by atoms with Gasteiger partial charge in [0.2, 0.25) is 0 Å². The van der Waals surface area contributed by atoms with E-state index in [1.165, 1.54) is 6.42 Å². The lowest BCUT2D eigenvalue weighted by molar-refractivity contribution is 0.0977. The van der Waals surface area contributed by atoms with Crippen molar-refractivity contribution in [1.82, 2.24) is 20.9 Å². The number of amides is 2. The molecule has 4 aliphatic heterocycles. The number of urea groups is 1. The molecule has 4 rings (SSSR count). The first-order valence-electron chi connectivity index (χ1n) is 7.18. The lowest BCUT2D eigenvalue weighted by atomic mass is 9.90. The van der Waals surface area contributed by atoms with Crippen molar-refractivity contribution in [2.45, 2.75) is 34.7 Å². The Morgan fingerprint density at radius 2 is 2.14 bits per heavy atom. The monoisotopic (exact) mass is 346 g/mol. The number of rotatable bonds is 1. The van der Waals surface area contributed by atoms with Crippen molar-refractivity contribution in [1.29, 1.82) is 0 Å². The smallest absolute Gasteiger partial charge is 0.317 e. The van der Waals surface area contributed by atoms with Gasteiger partial charge >= 0.3 is 6.03 Å². The molecular formula is C12H18N4O2S3. The molecule has 0 aromatic heterocycles. The van der Waals surface area contributed by atoms with E-state index in [2.05, 4.69) is 20.9 Å². The highest BCUT2D eigenvalue weighted by Gasteiger charge is 2.71. The van der Waals surface area contributed by atoms with E-state index in [1.807, 2.05) is 23.5 Å². The number of carbonyl (C=O) groups excluding carboxylic acids is 1. The average molecular weight is 347 g/mol. The fourth-order valence-electron chi connectivity index (χ4n) is 4.00. The molecule has 6 nitrogen and oxygen atoms in total. The third-order valence-electron chi connectivity index (χ3n) is 4.82. The van der Waals surface area contributed by atoms with E-state index in [4.69, 9.17) is 12.2 Å². The molecule has 4 saturated heterocycles. The number of thioether (sulfide) groups is 2. The summed E-state index contributed by atoms with van der Waals surface area (Å²) >= 11 is 9.38. The van der Waals surface area contributed by atoms with Crippen molar-refractivity contribution in [3.8, 4) is 0 Å². The summed E-state index contributed by atoms with van der Waals surface area (Å²) in [6, 6.07) is -0.587. The molecule has 4 N–H and O–H groups in total. The average Bonchev–Trinajstić information content (AvgIpc) is 2.98. The number of thiocarbonyl (C=S) groups is 1. The van der Waals surface area contributed by atoms with Crippen molar-refractivity contribution in [2.24, 2.45) is 0 Å². The number of aliphatic hydroxyl groups excluding tert-OH is 1. The van der Waals surface area contributed by atoms with Gasteiger partial charge in [-0.1, -0.05) is 0 Å². The van der Waals surface area contributed by atoms with Crippen LogP contribution in [0.25, 0.3) is 0 Å². The molecule has 2 amide bonds. The van der Waals surface area contributed by atoms with Crippen LogP contribution in [0.5, 0.6) is 0 Å². The van der Waals surface area contributed by atoms with Crippen molar-refractivity contribution < 1.29 is 9.90 Å². The first kappa shape index (κ1) is 14.2. The van der Waals surface area contributed by atoms with Gasteiger partial charge in [-0.2, -0.15) is 0 Å². The highest BCUT2D eigenvalue weighted by atomic mass is 32.2. The number of hydrogen-bond acceptors (Lipinski definition) is 5. The van der Waals surface area contributed by atoms with Crippen LogP contribution in [-0.2, 0) is 0 Å². The zero-order chi connectivity index (χ0) is 14.7. The molecule has 0 aromatic rings. The number of aliphatic hydroxyl groups is 1. The van der Waals surface area contributed by atoms with Gasteiger partial charge in [0.1, 0.15) is 4.08 Å². The van der Waals surface area contributed by atoms with E-state index >= 15 is 0 Å². The molecule has 3 atom stereocenters. The lowest BCUT2D eigenvalue weighted by Crippen LogP contribution is -2.78. The summed E-state index contributed by atoms with van der Waals surface area (Å²) in [5.74, 6) is 2.21. The number of nitrogens with one attached hydrogen (secondary N) is 3. The largest absolute Gasteiger partial charge is 0.394 e. The quantitative estimate of drug-likeness (QED) is 0.493. The summed E-state index contributed by atoms with van der Waals surface area (Å²) in [7, 11) is 0. The van der Waals surface area contributed by atoms with Gasteiger partial charge < -0.3 is 26.0 Å². The van der Waals surface area contributed by atoms with Crippen LogP contribution < -0.4 is 16.0 Å². The van der Waals surface area contributed by atoms with Crippen molar-refractivity contribution in [2.75, 3.05) is 24.7 Å². The van der Waals surface area contributed by atoms with Gasteiger partial charge in [0.05, 0.1) is 18.7 Å². The van der Waals surface area contributed by atoms with Crippen LogP contribution in [0.2, 0.25) is 0 Å². The maximum Gasteiger partial charge on any atom is 0.317 e.